The molecule has 20 heavy (non-hydrogen) atoms. The van der Waals surface area contributed by atoms with Crippen LogP contribution < -0.4 is 10.6 Å². The summed E-state index contributed by atoms with van der Waals surface area (Å²) in [6.45, 7) is 0.933. The summed E-state index contributed by atoms with van der Waals surface area (Å²) in [7, 11) is 0. The van der Waals surface area contributed by atoms with E-state index in [1.54, 1.807) is 18.2 Å². The third-order valence-electron chi connectivity index (χ3n) is 2.75. The van der Waals surface area contributed by atoms with Crippen molar-refractivity contribution < 1.29 is 14.0 Å². The minimum absolute atomic E-state index is 0.242. The molecule has 0 spiro atoms. The van der Waals surface area contributed by atoms with E-state index in [0.29, 0.717) is 31.4 Å². The number of carbonyl (C=O) groups excluding carboxylic acids is 2. The van der Waals surface area contributed by atoms with Crippen LogP contribution in [0.4, 0.5) is 4.39 Å². The number of aromatic nitrogens is 1. The predicted molar refractivity (Wildman–Crippen MR) is 72.7 cm³/mol. The van der Waals surface area contributed by atoms with Gasteiger partial charge in [0.25, 0.3) is 5.91 Å². The second kappa shape index (κ2) is 6.60. The van der Waals surface area contributed by atoms with E-state index in [1.807, 2.05) is 0 Å². The molecule has 0 unspecified atom stereocenters. The summed E-state index contributed by atoms with van der Waals surface area (Å²) in [5.41, 5.74) is 0.687. The minimum Gasteiger partial charge on any atom is -0.359 e. The SMILES string of the molecule is O=CNCCCNC(=O)c1ccc2ccc(F)cc2n1. The molecule has 0 aliphatic heterocycles. The standard InChI is InChI=1S/C14H14FN3O2/c15-11-4-2-10-3-5-12(18-13(10)8-11)14(20)17-7-1-6-16-9-19/h2-5,8-9H,1,6-7H2,(H,16,19)(H,17,20). The van der Waals surface area contributed by atoms with Gasteiger partial charge in [-0.1, -0.05) is 6.07 Å². The van der Waals surface area contributed by atoms with E-state index < -0.39 is 0 Å². The van der Waals surface area contributed by atoms with Gasteiger partial charge in [0.1, 0.15) is 11.5 Å². The molecule has 2 aromatic rings. The van der Waals surface area contributed by atoms with Gasteiger partial charge in [0, 0.05) is 24.5 Å². The first-order valence-electron chi connectivity index (χ1n) is 6.22. The van der Waals surface area contributed by atoms with Crippen molar-refractivity contribution in [3.63, 3.8) is 0 Å². The zero-order valence-electron chi connectivity index (χ0n) is 10.7. The third-order valence-corrected chi connectivity index (χ3v) is 2.75. The quantitative estimate of drug-likeness (QED) is 0.615. The molecule has 6 heteroatoms. The van der Waals surface area contributed by atoms with E-state index >= 15 is 0 Å². The summed E-state index contributed by atoms with van der Waals surface area (Å²) in [5, 5.41) is 5.97. The molecule has 0 saturated heterocycles. The largest absolute Gasteiger partial charge is 0.359 e. The zero-order valence-corrected chi connectivity index (χ0v) is 10.7. The lowest BCUT2D eigenvalue weighted by molar-refractivity contribution is -0.109. The maximum atomic E-state index is 13.1. The van der Waals surface area contributed by atoms with E-state index in [1.165, 1.54) is 12.1 Å². The van der Waals surface area contributed by atoms with Gasteiger partial charge in [-0.15, -0.1) is 0 Å². The van der Waals surface area contributed by atoms with Gasteiger partial charge in [-0.2, -0.15) is 0 Å². The van der Waals surface area contributed by atoms with E-state index in [-0.39, 0.29) is 17.4 Å². The maximum absolute atomic E-state index is 13.1. The Kier molecular flexibility index (Phi) is 4.60. The fourth-order valence-electron chi connectivity index (χ4n) is 1.76. The molecule has 0 aliphatic carbocycles. The third kappa shape index (κ3) is 3.50. The topological polar surface area (TPSA) is 71.1 Å². The molecular weight excluding hydrogens is 261 g/mol. The van der Waals surface area contributed by atoms with Gasteiger partial charge >= 0.3 is 0 Å². The van der Waals surface area contributed by atoms with Crippen LogP contribution in [0.1, 0.15) is 16.9 Å². The second-order valence-corrected chi connectivity index (χ2v) is 4.21. The van der Waals surface area contributed by atoms with Crippen LogP contribution in [0.2, 0.25) is 0 Å². The number of hydrogen-bond donors (Lipinski definition) is 2. The molecule has 0 atom stereocenters. The molecule has 0 saturated carbocycles. The number of pyridine rings is 1. The minimum atomic E-state index is -0.387. The van der Waals surface area contributed by atoms with Gasteiger partial charge < -0.3 is 10.6 Å². The summed E-state index contributed by atoms with van der Waals surface area (Å²) in [6.07, 6.45) is 1.24. The van der Waals surface area contributed by atoms with E-state index in [2.05, 4.69) is 15.6 Å². The summed E-state index contributed by atoms with van der Waals surface area (Å²) in [4.78, 5) is 26.0. The van der Waals surface area contributed by atoms with Gasteiger partial charge in [0.2, 0.25) is 6.41 Å². The van der Waals surface area contributed by atoms with Gasteiger partial charge in [0.15, 0.2) is 0 Å². The highest BCUT2D eigenvalue weighted by Crippen LogP contribution is 2.13. The fraction of sp³-hybridized carbons (Fsp3) is 0.214. The monoisotopic (exact) mass is 275 g/mol. The molecule has 2 rings (SSSR count). The number of nitrogens with one attached hydrogen (secondary N) is 2. The highest BCUT2D eigenvalue weighted by Gasteiger charge is 2.07. The number of rotatable bonds is 6. The first-order valence-corrected chi connectivity index (χ1v) is 6.22. The van der Waals surface area contributed by atoms with Crippen molar-refractivity contribution in [3.8, 4) is 0 Å². The number of halogens is 1. The molecule has 1 aromatic carbocycles. The lowest BCUT2D eigenvalue weighted by atomic mass is 10.2. The Hall–Kier alpha value is -2.50. The van der Waals surface area contributed by atoms with Gasteiger partial charge in [-0.05, 0) is 24.6 Å². The zero-order chi connectivity index (χ0) is 14.4. The van der Waals surface area contributed by atoms with Crippen LogP contribution in [0.15, 0.2) is 30.3 Å². The molecule has 2 N–H and O–H groups in total. The van der Waals surface area contributed by atoms with Crippen molar-refractivity contribution in [2.45, 2.75) is 6.42 Å². The summed E-state index contributed by atoms with van der Waals surface area (Å²) in [5.74, 6) is -0.704. The summed E-state index contributed by atoms with van der Waals surface area (Å²) < 4.78 is 13.1. The van der Waals surface area contributed by atoms with Crippen LogP contribution in [-0.2, 0) is 4.79 Å². The van der Waals surface area contributed by atoms with Crippen LogP contribution in [0.3, 0.4) is 0 Å². The Morgan fingerprint density at radius 1 is 1.25 bits per heavy atom. The van der Waals surface area contributed by atoms with Crippen LogP contribution in [0.5, 0.6) is 0 Å². The highest BCUT2D eigenvalue weighted by molar-refractivity contribution is 5.94. The summed E-state index contributed by atoms with van der Waals surface area (Å²) in [6, 6.07) is 7.58. The van der Waals surface area contributed by atoms with Gasteiger partial charge in [0.05, 0.1) is 5.52 Å². The second-order valence-electron chi connectivity index (χ2n) is 4.21. The van der Waals surface area contributed by atoms with Crippen LogP contribution >= 0.6 is 0 Å². The first kappa shape index (κ1) is 13.9. The van der Waals surface area contributed by atoms with Crippen molar-refractivity contribution in [1.82, 2.24) is 15.6 Å². The highest BCUT2D eigenvalue weighted by atomic mass is 19.1. The summed E-state index contributed by atoms with van der Waals surface area (Å²) >= 11 is 0. The molecule has 0 bridgehead atoms. The maximum Gasteiger partial charge on any atom is 0.269 e. The van der Waals surface area contributed by atoms with Crippen molar-refractivity contribution in [1.29, 1.82) is 0 Å². The number of nitrogens with zero attached hydrogens (tertiary/aromatic N) is 1. The van der Waals surface area contributed by atoms with E-state index in [9.17, 15) is 14.0 Å². The smallest absolute Gasteiger partial charge is 0.269 e. The first-order chi connectivity index (χ1) is 9.70. The van der Waals surface area contributed by atoms with Crippen LogP contribution in [0.25, 0.3) is 10.9 Å². The number of amides is 2. The number of benzene rings is 1. The molecule has 5 nitrogen and oxygen atoms in total. The lowest BCUT2D eigenvalue weighted by Gasteiger charge is -2.05. The number of hydrogen-bond acceptors (Lipinski definition) is 3. The normalized spacial score (nSPS) is 10.2. The molecule has 0 fully saturated rings. The van der Waals surface area contributed by atoms with E-state index in [0.717, 1.165) is 5.39 Å². The Bertz CT molecular complexity index is 631. The van der Waals surface area contributed by atoms with Crippen LogP contribution in [-0.4, -0.2) is 30.4 Å². The van der Waals surface area contributed by atoms with Crippen molar-refractivity contribution in [2.75, 3.05) is 13.1 Å². The van der Waals surface area contributed by atoms with E-state index in [4.69, 9.17) is 0 Å². The molecule has 2 amide bonds. The van der Waals surface area contributed by atoms with Crippen molar-refractivity contribution >= 4 is 23.2 Å². The molecule has 0 radical (unpaired) electrons. The average Bonchev–Trinajstić information content (AvgIpc) is 2.46. The van der Waals surface area contributed by atoms with Crippen molar-refractivity contribution in [2.24, 2.45) is 0 Å². The molecule has 1 aromatic heterocycles. The van der Waals surface area contributed by atoms with Crippen molar-refractivity contribution in [3.05, 3.63) is 41.8 Å². The van der Waals surface area contributed by atoms with Crippen LogP contribution in [0, 0.1) is 5.82 Å². The lowest BCUT2D eigenvalue weighted by Crippen LogP contribution is -2.27. The Labute approximate surface area is 115 Å². The Balaban J connectivity index is 2.01. The Morgan fingerprint density at radius 2 is 2.05 bits per heavy atom. The molecule has 104 valence electrons. The van der Waals surface area contributed by atoms with Gasteiger partial charge in [-0.3, -0.25) is 9.59 Å². The fourth-order valence-corrected chi connectivity index (χ4v) is 1.76. The predicted octanol–water partition coefficient (Wildman–Crippen LogP) is 1.24. The molecular formula is C14H14FN3O2. The number of fused-ring (bicyclic) bond motifs is 1. The average molecular weight is 275 g/mol. The Morgan fingerprint density at radius 3 is 2.85 bits per heavy atom. The van der Waals surface area contributed by atoms with Gasteiger partial charge in [-0.25, -0.2) is 9.37 Å². The molecule has 1 heterocycles. The molecule has 0 aliphatic rings. The number of carbonyl (C=O) groups is 2.